The lowest BCUT2D eigenvalue weighted by atomic mass is 10.0. The van der Waals surface area contributed by atoms with Gasteiger partial charge in [-0.2, -0.15) is 0 Å². The van der Waals surface area contributed by atoms with Crippen LogP contribution in [0.1, 0.15) is 38.4 Å². The van der Waals surface area contributed by atoms with Crippen molar-refractivity contribution in [1.29, 1.82) is 0 Å². The molecule has 19 heavy (non-hydrogen) atoms. The molecule has 6 heteroatoms. The van der Waals surface area contributed by atoms with Gasteiger partial charge in [0.25, 0.3) is 10.0 Å². The van der Waals surface area contributed by atoms with Gasteiger partial charge in [0.1, 0.15) is 5.76 Å². The molecule has 0 bridgehead atoms. The van der Waals surface area contributed by atoms with Crippen molar-refractivity contribution in [2.24, 2.45) is 5.41 Å². The molecular weight excluding hydrogens is 264 g/mol. The van der Waals surface area contributed by atoms with Crippen molar-refractivity contribution in [2.75, 3.05) is 13.6 Å². The summed E-state index contributed by atoms with van der Waals surface area (Å²) in [5.41, 5.74) is 0.487. The Morgan fingerprint density at radius 2 is 2.11 bits per heavy atom. The van der Waals surface area contributed by atoms with Crippen molar-refractivity contribution >= 4 is 10.0 Å². The molecule has 1 fully saturated rings. The maximum atomic E-state index is 11.5. The van der Waals surface area contributed by atoms with E-state index in [-0.39, 0.29) is 5.09 Å². The van der Waals surface area contributed by atoms with E-state index in [0.29, 0.717) is 17.7 Å². The second-order valence-corrected chi connectivity index (χ2v) is 7.10. The van der Waals surface area contributed by atoms with Crippen LogP contribution >= 0.6 is 0 Å². The molecule has 0 saturated heterocycles. The monoisotopic (exact) mass is 286 g/mol. The van der Waals surface area contributed by atoms with Crippen molar-refractivity contribution in [2.45, 2.75) is 44.2 Å². The quantitative estimate of drug-likeness (QED) is 0.765. The molecule has 0 aromatic carbocycles. The summed E-state index contributed by atoms with van der Waals surface area (Å²) >= 11 is 0. The molecule has 1 aromatic rings. The third-order valence-electron chi connectivity index (χ3n) is 3.71. The lowest BCUT2D eigenvalue weighted by Gasteiger charge is -2.13. The molecule has 1 saturated carbocycles. The van der Waals surface area contributed by atoms with E-state index in [1.807, 2.05) is 0 Å². The van der Waals surface area contributed by atoms with Crippen LogP contribution in [0.5, 0.6) is 0 Å². The average Bonchev–Trinajstić information content (AvgIpc) is 2.96. The smallest absolute Gasteiger partial charge is 0.273 e. The minimum absolute atomic E-state index is 0.0264. The van der Waals surface area contributed by atoms with Gasteiger partial charge in [0.05, 0.1) is 6.54 Å². The van der Waals surface area contributed by atoms with E-state index >= 15 is 0 Å². The van der Waals surface area contributed by atoms with Gasteiger partial charge in [-0.1, -0.05) is 13.3 Å². The Morgan fingerprint density at radius 1 is 1.37 bits per heavy atom. The molecule has 1 aliphatic carbocycles. The fourth-order valence-electron chi connectivity index (χ4n) is 2.37. The van der Waals surface area contributed by atoms with Crippen molar-refractivity contribution < 1.29 is 12.8 Å². The van der Waals surface area contributed by atoms with Crippen LogP contribution in [0.2, 0.25) is 0 Å². The zero-order valence-corrected chi connectivity index (χ0v) is 12.3. The van der Waals surface area contributed by atoms with E-state index in [0.717, 1.165) is 6.54 Å². The normalized spacial score (nSPS) is 17.6. The summed E-state index contributed by atoms with van der Waals surface area (Å²) in [5, 5.41) is 3.34. The summed E-state index contributed by atoms with van der Waals surface area (Å²) in [6.07, 6.45) is 5.07. The highest BCUT2D eigenvalue weighted by atomic mass is 32.2. The number of hydrogen-bond acceptors (Lipinski definition) is 4. The van der Waals surface area contributed by atoms with Crippen LogP contribution in [-0.4, -0.2) is 22.0 Å². The Bertz CT molecular complexity index is 518. The zero-order chi connectivity index (χ0) is 13.9. The van der Waals surface area contributed by atoms with E-state index in [2.05, 4.69) is 17.0 Å². The second kappa shape index (κ2) is 5.64. The Morgan fingerprint density at radius 3 is 2.68 bits per heavy atom. The summed E-state index contributed by atoms with van der Waals surface area (Å²) in [6, 6.07) is 3.19. The third-order valence-corrected chi connectivity index (χ3v) is 4.99. The van der Waals surface area contributed by atoms with Crippen LogP contribution in [0.4, 0.5) is 0 Å². The third kappa shape index (κ3) is 3.58. The topological polar surface area (TPSA) is 71.3 Å². The van der Waals surface area contributed by atoms with Crippen molar-refractivity contribution in [1.82, 2.24) is 10.0 Å². The molecule has 2 rings (SSSR count). The first-order valence-electron chi connectivity index (χ1n) is 6.74. The maximum Gasteiger partial charge on any atom is 0.273 e. The molecule has 108 valence electrons. The molecule has 0 atom stereocenters. The summed E-state index contributed by atoms with van der Waals surface area (Å²) in [5.74, 6) is 0.654. The van der Waals surface area contributed by atoms with E-state index < -0.39 is 10.0 Å². The van der Waals surface area contributed by atoms with E-state index in [9.17, 15) is 8.42 Å². The van der Waals surface area contributed by atoms with Gasteiger partial charge in [-0.15, -0.1) is 0 Å². The lowest BCUT2D eigenvalue weighted by molar-refractivity contribution is 0.375. The van der Waals surface area contributed by atoms with Crippen molar-refractivity contribution in [3.63, 3.8) is 0 Å². The summed E-state index contributed by atoms with van der Waals surface area (Å²) < 4.78 is 30.6. The number of hydrogen-bond donors (Lipinski definition) is 2. The number of sulfonamides is 1. The van der Waals surface area contributed by atoms with Crippen LogP contribution in [-0.2, 0) is 16.6 Å². The number of rotatable bonds is 8. The molecule has 0 radical (unpaired) electrons. The molecule has 0 unspecified atom stereocenters. The van der Waals surface area contributed by atoms with Gasteiger partial charge in [-0.25, -0.2) is 13.1 Å². The summed E-state index contributed by atoms with van der Waals surface area (Å²) in [4.78, 5) is 0. The predicted molar refractivity (Wildman–Crippen MR) is 73.2 cm³/mol. The standard InChI is InChI=1S/C13H22N2O3S/c1-3-6-13(7-8-13)10-15-9-11-4-5-12(18-11)19(16,17)14-2/h4-5,14-15H,3,6-10H2,1-2H3. The first kappa shape index (κ1) is 14.6. The first-order valence-corrected chi connectivity index (χ1v) is 8.23. The predicted octanol–water partition coefficient (Wildman–Crippen LogP) is 1.86. The van der Waals surface area contributed by atoms with Crippen molar-refractivity contribution in [3.8, 4) is 0 Å². The Balaban J connectivity index is 1.84. The van der Waals surface area contributed by atoms with Gasteiger partial charge in [-0.3, -0.25) is 0 Å². The van der Waals surface area contributed by atoms with Crippen LogP contribution in [0.15, 0.2) is 21.6 Å². The first-order chi connectivity index (χ1) is 9.01. The van der Waals surface area contributed by atoms with Crippen LogP contribution < -0.4 is 10.0 Å². The minimum atomic E-state index is -3.47. The molecule has 0 aliphatic heterocycles. The highest BCUT2D eigenvalue weighted by Crippen LogP contribution is 2.48. The van der Waals surface area contributed by atoms with E-state index in [1.165, 1.54) is 38.8 Å². The molecule has 1 aliphatic rings. The van der Waals surface area contributed by atoms with Gasteiger partial charge >= 0.3 is 0 Å². The zero-order valence-electron chi connectivity index (χ0n) is 11.5. The fraction of sp³-hybridized carbons (Fsp3) is 0.692. The molecule has 1 aromatic heterocycles. The number of furan rings is 1. The van der Waals surface area contributed by atoms with Gasteiger partial charge in [0.2, 0.25) is 5.09 Å². The molecule has 0 spiro atoms. The molecular formula is C13H22N2O3S. The SMILES string of the molecule is CCCC1(CNCc2ccc(S(=O)(=O)NC)o2)CC1. The summed E-state index contributed by atoms with van der Waals surface area (Å²) in [6.45, 7) is 3.77. The highest BCUT2D eigenvalue weighted by molar-refractivity contribution is 7.89. The maximum absolute atomic E-state index is 11.5. The lowest BCUT2D eigenvalue weighted by Crippen LogP contribution is -2.23. The van der Waals surface area contributed by atoms with E-state index in [4.69, 9.17) is 4.42 Å². The van der Waals surface area contributed by atoms with E-state index in [1.54, 1.807) is 6.07 Å². The molecule has 1 heterocycles. The van der Waals surface area contributed by atoms with Gasteiger partial charge in [0, 0.05) is 6.54 Å². The average molecular weight is 286 g/mol. The molecule has 5 nitrogen and oxygen atoms in total. The van der Waals surface area contributed by atoms with Crippen LogP contribution in [0.3, 0.4) is 0 Å². The van der Waals surface area contributed by atoms with Crippen LogP contribution in [0, 0.1) is 5.41 Å². The fourth-order valence-corrected chi connectivity index (χ4v) is 3.04. The number of nitrogens with one attached hydrogen (secondary N) is 2. The van der Waals surface area contributed by atoms with Crippen LogP contribution in [0.25, 0.3) is 0 Å². The second-order valence-electron chi connectivity index (χ2n) is 5.28. The van der Waals surface area contributed by atoms with Crippen molar-refractivity contribution in [3.05, 3.63) is 17.9 Å². The molecule has 2 N–H and O–H groups in total. The Hall–Kier alpha value is -0.850. The highest BCUT2D eigenvalue weighted by Gasteiger charge is 2.40. The van der Waals surface area contributed by atoms with Gasteiger partial charge in [-0.05, 0) is 43.9 Å². The molecule has 0 amide bonds. The van der Waals surface area contributed by atoms with Gasteiger partial charge < -0.3 is 9.73 Å². The minimum Gasteiger partial charge on any atom is -0.447 e. The largest absolute Gasteiger partial charge is 0.447 e. The Kier molecular flexibility index (Phi) is 4.32. The van der Waals surface area contributed by atoms with Gasteiger partial charge in [0.15, 0.2) is 0 Å². The Labute approximate surface area is 114 Å². The summed E-state index contributed by atoms with van der Waals surface area (Å²) in [7, 11) is -2.10.